The fraction of sp³-hybridized carbons (Fsp3) is 0.0476. The molecule has 0 atom stereocenters. The number of pyridine rings is 1. The molecule has 4 aromatic rings. The zero-order chi connectivity index (χ0) is 17.8. The largest absolute Gasteiger partial charge is 0.381 e. The average molecular weight is 344 g/mol. The van der Waals surface area contributed by atoms with Crippen molar-refractivity contribution in [3.63, 3.8) is 0 Å². The van der Waals surface area contributed by atoms with Crippen LogP contribution in [-0.2, 0) is 6.54 Å². The number of benzene rings is 2. The van der Waals surface area contributed by atoms with Crippen LogP contribution >= 0.6 is 0 Å². The van der Waals surface area contributed by atoms with E-state index in [1.807, 2.05) is 54.6 Å². The molecule has 2 aromatic heterocycles. The number of aromatic nitrogens is 3. The number of fused-ring (bicyclic) bond motifs is 1. The van der Waals surface area contributed by atoms with Crippen LogP contribution in [0.3, 0.4) is 0 Å². The molecule has 0 aliphatic heterocycles. The van der Waals surface area contributed by atoms with Crippen LogP contribution in [0.2, 0.25) is 0 Å². The Hall–Kier alpha value is -3.47. The molecular weight excluding hydrogens is 327 g/mol. The number of H-pyrrole nitrogens is 1. The lowest BCUT2D eigenvalue weighted by Crippen LogP contribution is -1.99. The van der Waals surface area contributed by atoms with Gasteiger partial charge in [0.05, 0.1) is 16.9 Å². The Morgan fingerprint density at radius 2 is 1.96 bits per heavy atom. The molecule has 128 valence electrons. The Kier molecular flexibility index (Phi) is 4.43. The van der Waals surface area contributed by atoms with E-state index in [0.717, 1.165) is 33.5 Å². The lowest BCUT2D eigenvalue weighted by atomic mass is 10.1. The van der Waals surface area contributed by atoms with E-state index in [4.69, 9.17) is 0 Å². The molecule has 26 heavy (non-hydrogen) atoms. The van der Waals surface area contributed by atoms with Crippen molar-refractivity contribution in [2.24, 2.45) is 0 Å². The molecular formula is C21H17FN4. The van der Waals surface area contributed by atoms with Crippen molar-refractivity contribution in [3.05, 3.63) is 89.6 Å². The van der Waals surface area contributed by atoms with Crippen molar-refractivity contribution < 1.29 is 4.39 Å². The van der Waals surface area contributed by atoms with Gasteiger partial charge in [-0.05, 0) is 60.2 Å². The van der Waals surface area contributed by atoms with Gasteiger partial charge in [0.15, 0.2) is 0 Å². The molecule has 2 N–H and O–H groups in total. The number of aromatic amines is 1. The number of anilines is 1. The van der Waals surface area contributed by atoms with Crippen LogP contribution in [0.4, 0.5) is 10.1 Å². The van der Waals surface area contributed by atoms with E-state index in [0.29, 0.717) is 6.54 Å². The molecule has 2 aromatic carbocycles. The van der Waals surface area contributed by atoms with Crippen molar-refractivity contribution in [2.75, 3.05) is 5.32 Å². The minimum Gasteiger partial charge on any atom is -0.381 e. The standard InChI is InChI=1S/C21H17FN4/c22-16-5-3-4-15(12-16)14-24-18-8-10-21-19(13-18)20(25-26-21)9-7-17-6-1-2-11-23-17/h1-13,24H,14H2,(H,25,26). The summed E-state index contributed by atoms with van der Waals surface area (Å²) in [4.78, 5) is 4.28. The van der Waals surface area contributed by atoms with E-state index in [1.165, 1.54) is 12.1 Å². The van der Waals surface area contributed by atoms with Crippen LogP contribution in [0.15, 0.2) is 66.9 Å². The molecule has 4 rings (SSSR count). The lowest BCUT2D eigenvalue weighted by molar-refractivity contribution is 0.626. The third kappa shape index (κ3) is 3.62. The molecule has 0 amide bonds. The summed E-state index contributed by atoms with van der Waals surface area (Å²) >= 11 is 0. The number of hydrogen-bond acceptors (Lipinski definition) is 3. The zero-order valence-electron chi connectivity index (χ0n) is 14.0. The molecule has 0 aliphatic carbocycles. The van der Waals surface area contributed by atoms with Crippen LogP contribution in [-0.4, -0.2) is 15.2 Å². The molecule has 4 nitrogen and oxygen atoms in total. The van der Waals surface area contributed by atoms with Gasteiger partial charge in [-0.2, -0.15) is 5.10 Å². The highest BCUT2D eigenvalue weighted by Gasteiger charge is 2.04. The van der Waals surface area contributed by atoms with Crippen molar-refractivity contribution in [1.29, 1.82) is 0 Å². The Morgan fingerprint density at radius 1 is 1.00 bits per heavy atom. The Bertz CT molecular complexity index is 1050. The van der Waals surface area contributed by atoms with Crippen molar-refractivity contribution in [2.45, 2.75) is 6.54 Å². The van der Waals surface area contributed by atoms with E-state index < -0.39 is 0 Å². The SMILES string of the molecule is Fc1cccc(CNc2ccc3[nH]nc(C=Cc4ccccn4)c3c2)c1. The molecule has 0 bridgehead atoms. The molecule has 0 fully saturated rings. The monoisotopic (exact) mass is 344 g/mol. The summed E-state index contributed by atoms with van der Waals surface area (Å²) in [5, 5.41) is 11.7. The van der Waals surface area contributed by atoms with E-state index >= 15 is 0 Å². The molecule has 0 radical (unpaired) electrons. The average Bonchev–Trinajstić information content (AvgIpc) is 3.08. The molecule has 0 spiro atoms. The maximum absolute atomic E-state index is 13.3. The normalized spacial score (nSPS) is 11.3. The van der Waals surface area contributed by atoms with Gasteiger partial charge in [0, 0.05) is 23.8 Å². The highest BCUT2D eigenvalue weighted by Crippen LogP contribution is 2.22. The summed E-state index contributed by atoms with van der Waals surface area (Å²) in [7, 11) is 0. The first-order chi connectivity index (χ1) is 12.8. The second kappa shape index (κ2) is 7.19. The second-order valence-corrected chi connectivity index (χ2v) is 5.94. The van der Waals surface area contributed by atoms with Crippen molar-refractivity contribution >= 4 is 28.7 Å². The van der Waals surface area contributed by atoms with E-state index in [2.05, 4.69) is 20.5 Å². The highest BCUT2D eigenvalue weighted by molar-refractivity contribution is 5.91. The van der Waals surface area contributed by atoms with Crippen LogP contribution in [0.1, 0.15) is 17.0 Å². The van der Waals surface area contributed by atoms with Gasteiger partial charge >= 0.3 is 0 Å². The van der Waals surface area contributed by atoms with Crippen LogP contribution in [0, 0.1) is 5.82 Å². The van der Waals surface area contributed by atoms with E-state index in [9.17, 15) is 4.39 Å². The smallest absolute Gasteiger partial charge is 0.123 e. The van der Waals surface area contributed by atoms with Gasteiger partial charge in [-0.25, -0.2) is 4.39 Å². The van der Waals surface area contributed by atoms with Gasteiger partial charge in [-0.1, -0.05) is 18.2 Å². The third-order valence-corrected chi connectivity index (χ3v) is 4.08. The Labute approximate surface area is 150 Å². The lowest BCUT2D eigenvalue weighted by Gasteiger charge is -2.07. The van der Waals surface area contributed by atoms with Gasteiger partial charge in [-0.15, -0.1) is 0 Å². The fourth-order valence-electron chi connectivity index (χ4n) is 2.76. The summed E-state index contributed by atoms with van der Waals surface area (Å²) < 4.78 is 13.3. The van der Waals surface area contributed by atoms with Crippen LogP contribution < -0.4 is 5.32 Å². The quantitative estimate of drug-likeness (QED) is 0.542. The molecule has 0 unspecified atom stereocenters. The van der Waals surface area contributed by atoms with Gasteiger partial charge in [-0.3, -0.25) is 10.1 Å². The minimum absolute atomic E-state index is 0.225. The predicted octanol–water partition coefficient (Wildman–Crippen LogP) is 4.88. The maximum Gasteiger partial charge on any atom is 0.123 e. The minimum atomic E-state index is -0.225. The summed E-state index contributed by atoms with van der Waals surface area (Å²) in [6, 6.07) is 18.4. The summed E-state index contributed by atoms with van der Waals surface area (Å²) in [5.41, 5.74) is 4.54. The fourth-order valence-corrected chi connectivity index (χ4v) is 2.76. The Morgan fingerprint density at radius 3 is 2.81 bits per heavy atom. The van der Waals surface area contributed by atoms with Crippen LogP contribution in [0.25, 0.3) is 23.1 Å². The molecule has 0 saturated carbocycles. The van der Waals surface area contributed by atoms with Gasteiger partial charge in [0.25, 0.3) is 0 Å². The zero-order valence-corrected chi connectivity index (χ0v) is 14.0. The summed E-state index contributed by atoms with van der Waals surface area (Å²) in [6.07, 6.45) is 5.64. The summed E-state index contributed by atoms with van der Waals surface area (Å²) in [6.45, 7) is 0.556. The summed E-state index contributed by atoms with van der Waals surface area (Å²) in [5.74, 6) is -0.225. The van der Waals surface area contributed by atoms with Gasteiger partial charge in [0.2, 0.25) is 0 Å². The number of nitrogens with zero attached hydrogens (tertiary/aromatic N) is 2. The second-order valence-electron chi connectivity index (χ2n) is 5.94. The molecule has 0 saturated heterocycles. The Balaban J connectivity index is 1.55. The number of rotatable bonds is 5. The van der Waals surface area contributed by atoms with Gasteiger partial charge in [0.1, 0.15) is 5.82 Å². The van der Waals surface area contributed by atoms with E-state index in [-0.39, 0.29) is 5.82 Å². The van der Waals surface area contributed by atoms with Crippen LogP contribution in [0.5, 0.6) is 0 Å². The van der Waals surface area contributed by atoms with Crippen molar-refractivity contribution in [1.82, 2.24) is 15.2 Å². The molecule has 2 heterocycles. The molecule has 0 aliphatic rings. The first-order valence-corrected chi connectivity index (χ1v) is 8.33. The number of hydrogen-bond donors (Lipinski definition) is 2. The van der Waals surface area contributed by atoms with Gasteiger partial charge < -0.3 is 5.32 Å². The number of nitrogens with one attached hydrogen (secondary N) is 2. The first kappa shape index (κ1) is 16.0. The highest BCUT2D eigenvalue weighted by atomic mass is 19.1. The topological polar surface area (TPSA) is 53.6 Å². The third-order valence-electron chi connectivity index (χ3n) is 4.08. The predicted molar refractivity (Wildman–Crippen MR) is 103 cm³/mol. The maximum atomic E-state index is 13.3. The molecule has 5 heteroatoms. The van der Waals surface area contributed by atoms with Crippen molar-refractivity contribution in [3.8, 4) is 0 Å². The number of halogens is 1. The van der Waals surface area contributed by atoms with E-state index in [1.54, 1.807) is 12.3 Å². The first-order valence-electron chi connectivity index (χ1n) is 8.33.